The predicted molar refractivity (Wildman–Crippen MR) is 171 cm³/mol. The Hall–Kier alpha value is -4.47. The zero-order valence-electron chi connectivity index (χ0n) is 26.7. The Morgan fingerprint density at radius 3 is 2.05 bits per heavy atom. The van der Waals surface area contributed by atoms with E-state index >= 15 is 0 Å². The Balaban J connectivity index is 1.86. The Bertz CT molecular complexity index is 1800. The zero-order chi connectivity index (χ0) is 31.9. The van der Waals surface area contributed by atoms with E-state index in [1.54, 1.807) is 29.7 Å². The van der Waals surface area contributed by atoms with E-state index < -0.39 is 30.0 Å². The fourth-order valence-corrected chi connectivity index (χ4v) is 6.18. The molecule has 10 heteroatoms. The molecule has 234 valence electrons. The van der Waals surface area contributed by atoms with Gasteiger partial charge < -0.3 is 33.3 Å². The topological polar surface area (TPSA) is 99.5 Å². The van der Waals surface area contributed by atoms with Gasteiger partial charge in [0.2, 0.25) is 5.43 Å². The summed E-state index contributed by atoms with van der Waals surface area (Å²) in [6.07, 6.45) is -3.25. The number of hydrogen-bond donors (Lipinski definition) is 0. The quantitative estimate of drug-likeness (QED) is 0.226. The van der Waals surface area contributed by atoms with Crippen LogP contribution < -0.4 is 14.9 Å². The van der Waals surface area contributed by atoms with Crippen molar-refractivity contribution in [2.24, 2.45) is 7.05 Å². The molecule has 44 heavy (non-hydrogen) atoms. The van der Waals surface area contributed by atoms with Crippen molar-refractivity contribution in [1.29, 1.82) is 0 Å². The molecule has 0 saturated carbocycles. The molecule has 2 atom stereocenters. The van der Waals surface area contributed by atoms with Gasteiger partial charge in [0.25, 0.3) is 0 Å². The van der Waals surface area contributed by atoms with Crippen molar-refractivity contribution < 1.29 is 28.5 Å². The molecule has 4 aromatic rings. The molecule has 5 rings (SSSR count). The first-order chi connectivity index (χ1) is 21.0. The minimum atomic E-state index is -1.12. The van der Waals surface area contributed by atoms with Crippen molar-refractivity contribution in [3.63, 3.8) is 0 Å². The molecule has 0 fully saturated rings. The average molecular weight is 604 g/mol. The summed E-state index contributed by atoms with van der Waals surface area (Å²) in [6, 6.07) is 13.4. The SMILES string of the molecule is CCN(CC)C(=O)O[C@H]1c2c(cc(OC)c3c(=O)c4cc5ccccc5cc4n(C)c23)OC(C)(C)[C@H]1OC(=O)N(CC)CC. The number of fused-ring (bicyclic) bond motifs is 5. The number of nitrogens with zero attached hydrogens (tertiary/aromatic N) is 3. The molecule has 0 N–H and O–H groups in total. The van der Waals surface area contributed by atoms with E-state index in [-0.39, 0.29) is 5.43 Å². The lowest BCUT2D eigenvalue weighted by Gasteiger charge is -2.44. The van der Waals surface area contributed by atoms with Crippen LogP contribution in [0, 0.1) is 0 Å². The van der Waals surface area contributed by atoms with Crippen molar-refractivity contribution in [2.45, 2.75) is 59.4 Å². The summed E-state index contributed by atoms with van der Waals surface area (Å²) in [5, 5.41) is 2.75. The molecule has 3 aromatic carbocycles. The van der Waals surface area contributed by atoms with Crippen molar-refractivity contribution in [3.8, 4) is 11.5 Å². The van der Waals surface area contributed by atoms with Crippen LogP contribution in [0.15, 0.2) is 47.3 Å². The first-order valence-electron chi connectivity index (χ1n) is 15.2. The van der Waals surface area contributed by atoms with E-state index in [1.165, 1.54) is 7.11 Å². The number of amides is 2. The van der Waals surface area contributed by atoms with Gasteiger partial charge in [0.15, 0.2) is 12.2 Å². The predicted octanol–water partition coefficient (Wildman–Crippen LogP) is 6.39. The monoisotopic (exact) mass is 603 g/mol. The van der Waals surface area contributed by atoms with E-state index in [1.807, 2.05) is 75.7 Å². The van der Waals surface area contributed by atoms with Crippen LogP contribution in [-0.2, 0) is 16.5 Å². The standard InChI is InChI=1S/C34H41N3O7/c1-9-36(10-2)32(39)42-30-27-25(44-34(5,6)31(30)43-33(40)37(11-3)12-4)19-24(41-8)26-28(27)35(7)23-18-21-16-14-13-15-20(21)17-22(23)29(26)38/h13-19,30-31H,9-12H2,1-8H3/t30-,31-/m0/s1. The van der Waals surface area contributed by atoms with Gasteiger partial charge in [-0.25, -0.2) is 9.59 Å². The van der Waals surface area contributed by atoms with Gasteiger partial charge in [-0.1, -0.05) is 24.3 Å². The molecule has 0 bridgehead atoms. The molecular weight excluding hydrogens is 562 g/mol. The highest BCUT2D eigenvalue weighted by molar-refractivity contribution is 6.04. The molecule has 0 aliphatic carbocycles. The zero-order valence-corrected chi connectivity index (χ0v) is 26.7. The maximum absolute atomic E-state index is 14.3. The summed E-state index contributed by atoms with van der Waals surface area (Å²) < 4.78 is 26.6. The number of aromatic nitrogens is 1. The van der Waals surface area contributed by atoms with Crippen molar-refractivity contribution in [1.82, 2.24) is 14.4 Å². The van der Waals surface area contributed by atoms with E-state index in [2.05, 4.69) is 0 Å². The van der Waals surface area contributed by atoms with Gasteiger partial charge in [-0.15, -0.1) is 0 Å². The number of carbonyl (C=O) groups is 2. The number of methoxy groups -OCH3 is 1. The third-order valence-electron chi connectivity index (χ3n) is 8.63. The highest BCUT2D eigenvalue weighted by Crippen LogP contribution is 2.49. The molecule has 2 amide bonds. The van der Waals surface area contributed by atoms with Gasteiger partial charge in [-0.3, -0.25) is 4.79 Å². The first-order valence-corrected chi connectivity index (χ1v) is 15.2. The highest BCUT2D eigenvalue weighted by Gasteiger charge is 2.51. The van der Waals surface area contributed by atoms with E-state index in [9.17, 15) is 14.4 Å². The second-order valence-electron chi connectivity index (χ2n) is 11.5. The number of carbonyl (C=O) groups excluding carboxylic acids is 2. The molecule has 1 aromatic heterocycles. The van der Waals surface area contributed by atoms with Crippen molar-refractivity contribution in [2.75, 3.05) is 33.3 Å². The minimum Gasteiger partial charge on any atom is -0.496 e. The maximum Gasteiger partial charge on any atom is 0.410 e. The van der Waals surface area contributed by atoms with Crippen LogP contribution in [-0.4, -0.2) is 71.5 Å². The molecule has 0 unspecified atom stereocenters. The maximum atomic E-state index is 14.3. The first kappa shape index (κ1) is 31.0. The number of hydrogen-bond acceptors (Lipinski definition) is 7. The number of ether oxygens (including phenoxy) is 4. The summed E-state index contributed by atoms with van der Waals surface area (Å²) in [4.78, 5) is 44.3. The van der Waals surface area contributed by atoms with Gasteiger partial charge in [0, 0.05) is 44.7 Å². The lowest BCUT2D eigenvalue weighted by molar-refractivity contribution is -0.124. The summed E-state index contributed by atoms with van der Waals surface area (Å²) in [5.74, 6) is 0.708. The largest absolute Gasteiger partial charge is 0.496 e. The second kappa shape index (κ2) is 11.9. The Kier molecular flexibility index (Phi) is 8.38. The molecule has 0 saturated heterocycles. The lowest BCUT2D eigenvalue weighted by Crippen LogP contribution is -2.54. The van der Waals surface area contributed by atoms with Crippen LogP contribution in [0.3, 0.4) is 0 Å². The lowest BCUT2D eigenvalue weighted by atomic mass is 9.86. The normalized spacial score (nSPS) is 17.2. The summed E-state index contributed by atoms with van der Waals surface area (Å²) >= 11 is 0. The molecule has 0 radical (unpaired) electrons. The molecule has 2 heterocycles. The van der Waals surface area contributed by atoms with Crippen LogP contribution in [0.2, 0.25) is 0 Å². The van der Waals surface area contributed by atoms with Gasteiger partial charge in [0.1, 0.15) is 17.1 Å². The average Bonchev–Trinajstić information content (AvgIpc) is 3.00. The number of aryl methyl sites for hydroxylation is 1. The summed E-state index contributed by atoms with van der Waals surface area (Å²) in [6.45, 7) is 12.8. The van der Waals surface area contributed by atoms with Crippen LogP contribution in [0.5, 0.6) is 11.5 Å². The molecule has 0 spiro atoms. The number of benzene rings is 3. The van der Waals surface area contributed by atoms with Crippen LogP contribution in [0.25, 0.3) is 32.6 Å². The number of pyridine rings is 1. The van der Waals surface area contributed by atoms with E-state index in [4.69, 9.17) is 18.9 Å². The third-order valence-corrected chi connectivity index (χ3v) is 8.63. The Morgan fingerprint density at radius 1 is 0.909 bits per heavy atom. The Morgan fingerprint density at radius 2 is 1.48 bits per heavy atom. The molecule has 10 nitrogen and oxygen atoms in total. The molecular formula is C34H41N3O7. The number of rotatable bonds is 7. The fourth-order valence-electron chi connectivity index (χ4n) is 6.18. The van der Waals surface area contributed by atoms with Gasteiger partial charge in [0.05, 0.1) is 29.1 Å². The minimum absolute atomic E-state index is 0.228. The smallest absolute Gasteiger partial charge is 0.410 e. The second-order valence-corrected chi connectivity index (χ2v) is 11.5. The molecule has 1 aliphatic rings. The third kappa shape index (κ3) is 5.06. The van der Waals surface area contributed by atoms with E-state index in [0.717, 1.165) is 10.8 Å². The van der Waals surface area contributed by atoms with Gasteiger partial charge in [-0.2, -0.15) is 0 Å². The summed E-state index contributed by atoms with van der Waals surface area (Å²) in [7, 11) is 3.37. The fraction of sp³-hybridized carbons (Fsp3) is 0.441. The van der Waals surface area contributed by atoms with Crippen LogP contribution in [0.1, 0.15) is 53.2 Å². The van der Waals surface area contributed by atoms with E-state index in [0.29, 0.717) is 65.0 Å². The van der Waals surface area contributed by atoms with Crippen molar-refractivity contribution in [3.05, 3.63) is 58.3 Å². The van der Waals surface area contributed by atoms with Crippen molar-refractivity contribution >= 4 is 44.8 Å². The van der Waals surface area contributed by atoms with Crippen LogP contribution in [0.4, 0.5) is 9.59 Å². The summed E-state index contributed by atoms with van der Waals surface area (Å²) in [5.41, 5.74) is 0.256. The van der Waals surface area contributed by atoms with Crippen LogP contribution >= 0.6 is 0 Å². The Labute approximate surface area is 257 Å². The van der Waals surface area contributed by atoms with Gasteiger partial charge >= 0.3 is 12.2 Å². The molecule has 1 aliphatic heterocycles. The van der Waals surface area contributed by atoms with Gasteiger partial charge in [-0.05, 0) is 64.4 Å². The highest BCUT2D eigenvalue weighted by atomic mass is 16.6.